The average Bonchev–Trinajstić information content (AvgIpc) is 2.23. The van der Waals surface area contributed by atoms with Crippen molar-refractivity contribution in [2.75, 3.05) is 0 Å². The maximum atomic E-state index is 2.49. The van der Waals surface area contributed by atoms with Gasteiger partial charge in [0.15, 0.2) is 0 Å². The third-order valence-electron chi connectivity index (χ3n) is 4.29. The Morgan fingerprint density at radius 1 is 1.00 bits per heavy atom. The van der Waals surface area contributed by atoms with E-state index in [1.807, 2.05) is 0 Å². The molecule has 0 rings (SSSR count). The van der Waals surface area contributed by atoms with E-state index < -0.39 is 0 Å². The van der Waals surface area contributed by atoms with Crippen molar-refractivity contribution in [2.24, 2.45) is 17.3 Å². The Morgan fingerprint density at radius 3 is 2.06 bits per heavy atom. The molecule has 98 valence electrons. The molecular weight excluding hydrogens is 192 g/mol. The molecule has 0 saturated carbocycles. The Balaban J connectivity index is 4.38. The molecule has 2 atom stereocenters. The second-order valence-electron chi connectivity index (χ2n) is 6.33. The molecule has 0 aliphatic rings. The molecule has 0 aromatic rings. The van der Waals surface area contributed by atoms with Gasteiger partial charge in [0.25, 0.3) is 0 Å². The zero-order valence-electron chi connectivity index (χ0n) is 12.6. The maximum absolute atomic E-state index is 2.49. The van der Waals surface area contributed by atoms with Crippen molar-refractivity contribution < 1.29 is 0 Å². The lowest BCUT2D eigenvalue weighted by Gasteiger charge is -2.36. The van der Waals surface area contributed by atoms with Crippen LogP contribution in [0, 0.1) is 17.3 Å². The number of hydrogen-bond acceptors (Lipinski definition) is 0. The van der Waals surface area contributed by atoms with E-state index in [2.05, 4.69) is 41.5 Å². The van der Waals surface area contributed by atoms with Gasteiger partial charge in [0, 0.05) is 0 Å². The van der Waals surface area contributed by atoms with E-state index in [1.165, 1.54) is 44.9 Å². The number of unbranched alkanes of at least 4 members (excludes halogenated alkanes) is 1. The van der Waals surface area contributed by atoms with Crippen molar-refractivity contribution >= 4 is 0 Å². The minimum absolute atomic E-state index is 0.549. The molecule has 0 aromatic heterocycles. The Morgan fingerprint density at radius 2 is 1.62 bits per heavy atom. The molecule has 0 N–H and O–H groups in total. The highest BCUT2D eigenvalue weighted by atomic mass is 14.3. The molecular formula is C16H34. The summed E-state index contributed by atoms with van der Waals surface area (Å²) in [7, 11) is 0. The summed E-state index contributed by atoms with van der Waals surface area (Å²) in [5, 5.41) is 0. The number of rotatable bonds is 9. The Bertz CT molecular complexity index is 157. The first-order valence-electron chi connectivity index (χ1n) is 7.47. The zero-order chi connectivity index (χ0) is 12.6. The molecule has 16 heavy (non-hydrogen) atoms. The van der Waals surface area contributed by atoms with Crippen molar-refractivity contribution in [1.29, 1.82) is 0 Å². The van der Waals surface area contributed by atoms with E-state index >= 15 is 0 Å². The first kappa shape index (κ1) is 16.0. The van der Waals surface area contributed by atoms with Crippen LogP contribution in [-0.2, 0) is 0 Å². The largest absolute Gasteiger partial charge is 0.0654 e. The first-order valence-corrected chi connectivity index (χ1v) is 7.47. The third kappa shape index (κ3) is 5.92. The minimum Gasteiger partial charge on any atom is -0.0654 e. The van der Waals surface area contributed by atoms with E-state index in [0.29, 0.717) is 5.41 Å². The van der Waals surface area contributed by atoms with Crippen molar-refractivity contribution in [3.05, 3.63) is 0 Å². The van der Waals surface area contributed by atoms with Crippen LogP contribution < -0.4 is 0 Å². The molecule has 0 nitrogen and oxygen atoms in total. The summed E-state index contributed by atoms with van der Waals surface area (Å²) in [6.07, 6.45) is 9.68. The maximum Gasteiger partial charge on any atom is -0.0326 e. The fourth-order valence-corrected chi connectivity index (χ4v) is 2.78. The Hall–Kier alpha value is 0. The highest BCUT2D eigenvalue weighted by Crippen LogP contribution is 2.39. The Kier molecular flexibility index (Phi) is 8.14. The highest BCUT2D eigenvalue weighted by Gasteiger charge is 2.28. The number of hydrogen-bond donors (Lipinski definition) is 0. The molecule has 0 fully saturated rings. The van der Waals surface area contributed by atoms with Crippen molar-refractivity contribution in [3.8, 4) is 0 Å². The summed E-state index contributed by atoms with van der Waals surface area (Å²) in [4.78, 5) is 0. The van der Waals surface area contributed by atoms with E-state index in [-0.39, 0.29) is 0 Å². The van der Waals surface area contributed by atoms with Crippen molar-refractivity contribution in [1.82, 2.24) is 0 Å². The van der Waals surface area contributed by atoms with Gasteiger partial charge < -0.3 is 0 Å². The van der Waals surface area contributed by atoms with Gasteiger partial charge >= 0.3 is 0 Å². The van der Waals surface area contributed by atoms with Crippen LogP contribution in [0.1, 0.15) is 86.5 Å². The summed E-state index contributed by atoms with van der Waals surface area (Å²) < 4.78 is 0. The molecule has 0 spiro atoms. The summed E-state index contributed by atoms with van der Waals surface area (Å²) in [6.45, 7) is 14.3. The summed E-state index contributed by atoms with van der Waals surface area (Å²) >= 11 is 0. The molecule has 0 radical (unpaired) electrons. The van der Waals surface area contributed by atoms with Crippen LogP contribution in [0.15, 0.2) is 0 Å². The van der Waals surface area contributed by atoms with Gasteiger partial charge in [-0.3, -0.25) is 0 Å². The monoisotopic (exact) mass is 226 g/mol. The average molecular weight is 226 g/mol. The molecule has 0 heteroatoms. The van der Waals surface area contributed by atoms with Crippen LogP contribution in [0.25, 0.3) is 0 Å². The summed E-state index contributed by atoms with van der Waals surface area (Å²) in [5.41, 5.74) is 0.549. The van der Waals surface area contributed by atoms with E-state index in [0.717, 1.165) is 11.8 Å². The van der Waals surface area contributed by atoms with Crippen LogP contribution in [0.5, 0.6) is 0 Å². The van der Waals surface area contributed by atoms with Gasteiger partial charge in [-0.1, -0.05) is 67.2 Å². The first-order chi connectivity index (χ1) is 7.47. The fourth-order valence-electron chi connectivity index (χ4n) is 2.78. The standard InChI is InChI=1S/C16H34/c1-7-10-11-15(13-14(4)9-3)16(5,6)12-8-2/h14-15H,7-13H2,1-6H3. The Labute approximate surface area is 104 Å². The van der Waals surface area contributed by atoms with Crippen LogP contribution >= 0.6 is 0 Å². The summed E-state index contributed by atoms with van der Waals surface area (Å²) in [6, 6.07) is 0. The van der Waals surface area contributed by atoms with Gasteiger partial charge in [-0.2, -0.15) is 0 Å². The van der Waals surface area contributed by atoms with Crippen LogP contribution in [0.3, 0.4) is 0 Å². The molecule has 0 saturated heterocycles. The molecule has 2 unspecified atom stereocenters. The van der Waals surface area contributed by atoms with Gasteiger partial charge in [-0.15, -0.1) is 0 Å². The molecule has 0 bridgehead atoms. The minimum atomic E-state index is 0.549. The normalized spacial score (nSPS) is 16.1. The zero-order valence-corrected chi connectivity index (χ0v) is 12.6. The SMILES string of the molecule is CCCCC(CC(C)CC)C(C)(C)CCC. The molecule has 0 aliphatic heterocycles. The second kappa shape index (κ2) is 8.14. The topological polar surface area (TPSA) is 0 Å². The lowest BCUT2D eigenvalue weighted by Crippen LogP contribution is -2.25. The summed E-state index contributed by atoms with van der Waals surface area (Å²) in [5.74, 6) is 1.83. The van der Waals surface area contributed by atoms with Gasteiger partial charge in [-0.05, 0) is 36.5 Å². The van der Waals surface area contributed by atoms with Gasteiger partial charge in [0.05, 0.1) is 0 Å². The fraction of sp³-hybridized carbons (Fsp3) is 1.00. The van der Waals surface area contributed by atoms with Crippen LogP contribution in [0.4, 0.5) is 0 Å². The highest BCUT2D eigenvalue weighted by molar-refractivity contribution is 4.79. The predicted octanol–water partition coefficient (Wildman–Crippen LogP) is 6.06. The van der Waals surface area contributed by atoms with Gasteiger partial charge in [-0.25, -0.2) is 0 Å². The van der Waals surface area contributed by atoms with Crippen LogP contribution in [0.2, 0.25) is 0 Å². The lowest BCUT2D eigenvalue weighted by molar-refractivity contribution is 0.147. The molecule has 0 heterocycles. The lowest BCUT2D eigenvalue weighted by atomic mass is 9.69. The van der Waals surface area contributed by atoms with E-state index in [1.54, 1.807) is 0 Å². The second-order valence-corrected chi connectivity index (χ2v) is 6.33. The molecule has 0 amide bonds. The third-order valence-corrected chi connectivity index (χ3v) is 4.29. The quantitative estimate of drug-likeness (QED) is 0.448. The van der Waals surface area contributed by atoms with Gasteiger partial charge in [0.2, 0.25) is 0 Å². The predicted molar refractivity (Wildman–Crippen MR) is 75.8 cm³/mol. The molecule has 0 aromatic carbocycles. The van der Waals surface area contributed by atoms with Crippen molar-refractivity contribution in [3.63, 3.8) is 0 Å². The van der Waals surface area contributed by atoms with Crippen molar-refractivity contribution in [2.45, 2.75) is 86.5 Å². The smallest absolute Gasteiger partial charge is 0.0326 e. The van der Waals surface area contributed by atoms with Crippen LogP contribution in [-0.4, -0.2) is 0 Å². The van der Waals surface area contributed by atoms with E-state index in [9.17, 15) is 0 Å². The molecule has 0 aliphatic carbocycles. The van der Waals surface area contributed by atoms with E-state index in [4.69, 9.17) is 0 Å². The van der Waals surface area contributed by atoms with Gasteiger partial charge in [0.1, 0.15) is 0 Å².